The second-order valence-electron chi connectivity index (χ2n) is 9.29. The molecule has 2 saturated heterocycles. The van der Waals surface area contributed by atoms with E-state index in [0.29, 0.717) is 19.0 Å². The lowest BCUT2D eigenvalue weighted by atomic mass is 9.93. The fraction of sp³-hybridized carbons (Fsp3) is 0.680. The summed E-state index contributed by atoms with van der Waals surface area (Å²) in [7, 11) is 3.30. The number of benzene rings is 1. The molecule has 1 aromatic rings. The lowest BCUT2D eigenvalue weighted by Gasteiger charge is -2.37. The van der Waals surface area contributed by atoms with Crippen LogP contribution in [0.5, 0.6) is 11.5 Å². The molecule has 6 nitrogen and oxygen atoms in total. The molecule has 1 aliphatic carbocycles. The lowest BCUT2D eigenvalue weighted by Crippen LogP contribution is -2.47. The number of nitrogens with zero attached hydrogens (tertiary/aromatic N) is 2. The highest BCUT2D eigenvalue weighted by molar-refractivity contribution is 5.89. The fourth-order valence-corrected chi connectivity index (χ4v) is 5.66. The Morgan fingerprint density at radius 3 is 2.52 bits per heavy atom. The van der Waals surface area contributed by atoms with Gasteiger partial charge in [-0.2, -0.15) is 0 Å². The van der Waals surface area contributed by atoms with Crippen molar-refractivity contribution in [3.63, 3.8) is 0 Å². The maximum atomic E-state index is 13.4. The first-order valence-corrected chi connectivity index (χ1v) is 11.9. The Kier molecular flexibility index (Phi) is 7.03. The summed E-state index contributed by atoms with van der Waals surface area (Å²) in [6.07, 6.45) is 10.1. The molecule has 6 heteroatoms. The van der Waals surface area contributed by atoms with Crippen LogP contribution in [0.25, 0.3) is 0 Å². The Hall–Kier alpha value is -2.24. The van der Waals surface area contributed by atoms with Gasteiger partial charge in [0, 0.05) is 31.6 Å². The predicted molar refractivity (Wildman–Crippen MR) is 119 cm³/mol. The SMILES string of the molecule is COc1ccc(CCC2CCCCN2C(=O)C2CC(=O)N(C3CCCC3)C2)cc1OC. The van der Waals surface area contributed by atoms with Gasteiger partial charge in [-0.25, -0.2) is 0 Å². The molecule has 170 valence electrons. The van der Waals surface area contributed by atoms with Gasteiger partial charge in [-0.15, -0.1) is 0 Å². The van der Waals surface area contributed by atoms with Crippen molar-refractivity contribution >= 4 is 11.8 Å². The van der Waals surface area contributed by atoms with Gasteiger partial charge in [0.25, 0.3) is 0 Å². The van der Waals surface area contributed by atoms with E-state index in [9.17, 15) is 9.59 Å². The highest BCUT2D eigenvalue weighted by Gasteiger charge is 2.41. The van der Waals surface area contributed by atoms with Gasteiger partial charge in [-0.1, -0.05) is 18.9 Å². The van der Waals surface area contributed by atoms with E-state index in [1.54, 1.807) is 14.2 Å². The third-order valence-electron chi connectivity index (χ3n) is 7.40. The Morgan fingerprint density at radius 1 is 1.03 bits per heavy atom. The van der Waals surface area contributed by atoms with Gasteiger partial charge in [-0.3, -0.25) is 9.59 Å². The molecule has 2 heterocycles. The minimum Gasteiger partial charge on any atom is -0.493 e. The number of hydrogen-bond donors (Lipinski definition) is 0. The molecule has 2 unspecified atom stereocenters. The van der Waals surface area contributed by atoms with Crippen LogP contribution in [0.15, 0.2) is 18.2 Å². The maximum Gasteiger partial charge on any atom is 0.228 e. The second-order valence-corrected chi connectivity index (χ2v) is 9.29. The lowest BCUT2D eigenvalue weighted by molar-refractivity contribution is -0.139. The van der Waals surface area contributed by atoms with Crippen LogP contribution in [-0.4, -0.2) is 61.0 Å². The summed E-state index contributed by atoms with van der Waals surface area (Å²) in [5, 5.41) is 0. The Bertz CT molecular complexity index is 790. The van der Waals surface area contributed by atoms with Gasteiger partial charge in [0.2, 0.25) is 11.8 Å². The van der Waals surface area contributed by atoms with Gasteiger partial charge >= 0.3 is 0 Å². The number of methoxy groups -OCH3 is 2. The number of carbonyl (C=O) groups is 2. The molecule has 4 rings (SSSR count). The third-order valence-corrected chi connectivity index (χ3v) is 7.40. The molecule has 3 fully saturated rings. The molecule has 2 aliphatic heterocycles. The van der Waals surface area contributed by atoms with Crippen LogP contribution in [0, 0.1) is 5.92 Å². The molecule has 2 atom stereocenters. The summed E-state index contributed by atoms with van der Waals surface area (Å²) < 4.78 is 10.8. The molecule has 3 aliphatic rings. The average Bonchev–Trinajstić information content (AvgIpc) is 3.46. The van der Waals surface area contributed by atoms with Crippen LogP contribution in [-0.2, 0) is 16.0 Å². The number of rotatable bonds is 7. The summed E-state index contributed by atoms with van der Waals surface area (Å²) in [6, 6.07) is 6.67. The number of ether oxygens (including phenoxy) is 2. The van der Waals surface area contributed by atoms with Crippen molar-refractivity contribution in [2.75, 3.05) is 27.3 Å². The van der Waals surface area contributed by atoms with Crippen molar-refractivity contribution in [3.05, 3.63) is 23.8 Å². The number of likely N-dealkylation sites (tertiary alicyclic amines) is 2. The zero-order valence-electron chi connectivity index (χ0n) is 19.0. The van der Waals surface area contributed by atoms with E-state index in [-0.39, 0.29) is 23.8 Å². The Morgan fingerprint density at radius 2 is 1.77 bits per heavy atom. The second kappa shape index (κ2) is 9.92. The smallest absolute Gasteiger partial charge is 0.228 e. The summed E-state index contributed by atoms with van der Waals surface area (Å²) in [4.78, 5) is 30.1. The minimum atomic E-state index is -0.158. The molecular weight excluding hydrogens is 392 g/mol. The Balaban J connectivity index is 1.38. The first-order chi connectivity index (χ1) is 15.1. The highest BCUT2D eigenvalue weighted by atomic mass is 16.5. The van der Waals surface area contributed by atoms with Gasteiger partial charge in [0.1, 0.15) is 0 Å². The van der Waals surface area contributed by atoms with E-state index in [0.717, 1.165) is 63.0 Å². The largest absolute Gasteiger partial charge is 0.493 e. The zero-order chi connectivity index (χ0) is 21.8. The van der Waals surface area contributed by atoms with Crippen LogP contribution in [0.2, 0.25) is 0 Å². The van der Waals surface area contributed by atoms with Gasteiger partial charge in [0.05, 0.1) is 20.1 Å². The molecule has 0 spiro atoms. The van der Waals surface area contributed by atoms with E-state index in [4.69, 9.17) is 9.47 Å². The van der Waals surface area contributed by atoms with Crippen LogP contribution in [0.3, 0.4) is 0 Å². The normalized spacial score (nSPS) is 24.6. The molecule has 2 amide bonds. The topological polar surface area (TPSA) is 59.1 Å². The molecule has 1 saturated carbocycles. The average molecular weight is 429 g/mol. The van der Waals surface area contributed by atoms with Crippen molar-refractivity contribution in [3.8, 4) is 11.5 Å². The molecule has 0 radical (unpaired) electrons. The third kappa shape index (κ3) is 4.83. The first-order valence-electron chi connectivity index (χ1n) is 11.9. The van der Waals surface area contributed by atoms with Gasteiger partial charge in [-0.05, 0) is 62.6 Å². The molecule has 0 N–H and O–H groups in total. The first kappa shape index (κ1) is 22.0. The molecule has 0 bridgehead atoms. The fourth-order valence-electron chi connectivity index (χ4n) is 5.66. The molecule has 0 aromatic heterocycles. The number of carbonyl (C=O) groups excluding carboxylic acids is 2. The van der Waals surface area contributed by atoms with Gasteiger partial charge < -0.3 is 19.3 Å². The Labute approximate surface area is 185 Å². The van der Waals surface area contributed by atoms with E-state index in [1.165, 1.54) is 18.4 Å². The van der Waals surface area contributed by atoms with Crippen molar-refractivity contribution < 1.29 is 19.1 Å². The zero-order valence-corrected chi connectivity index (χ0v) is 19.0. The predicted octanol–water partition coefficient (Wildman–Crippen LogP) is 3.81. The van der Waals surface area contributed by atoms with Crippen LogP contribution >= 0.6 is 0 Å². The molecule has 1 aromatic carbocycles. The van der Waals surface area contributed by atoms with Gasteiger partial charge in [0.15, 0.2) is 11.5 Å². The summed E-state index contributed by atoms with van der Waals surface area (Å²) >= 11 is 0. The number of piperidine rings is 1. The van der Waals surface area contributed by atoms with Crippen LogP contribution in [0.1, 0.15) is 63.4 Å². The van der Waals surface area contributed by atoms with E-state index in [2.05, 4.69) is 11.0 Å². The van der Waals surface area contributed by atoms with E-state index < -0.39 is 0 Å². The van der Waals surface area contributed by atoms with E-state index in [1.807, 2.05) is 17.0 Å². The number of aryl methyl sites for hydroxylation is 1. The monoisotopic (exact) mass is 428 g/mol. The van der Waals surface area contributed by atoms with Crippen LogP contribution in [0.4, 0.5) is 0 Å². The van der Waals surface area contributed by atoms with Crippen LogP contribution < -0.4 is 9.47 Å². The minimum absolute atomic E-state index is 0.158. The maximum absolute atomic E-state index is 13.4. The number of hydrogen-bond acceptors (Lipinski definition) is 4. The number of amides is 2. The highest BCUT2D eigenvalue weighted by Crippen LogP contribution is 2.33. The molecule has 31 heavy (non-hydrogen) atoms. The van der Waals surface area contributed by atoms with E-state index >= 15 is 0 Å². The van der Waals surface area contributed by atoms with Crippen molar-refractivity contribution in [2.45, 2.75) is 76.3 Å². The van der Waals surface area contributed by atoms with Crippen molar-refractivity contribution in [2.24, 2.45) is 5.92 Å². The summed E-state index contributed by atoms with van der Waals surface area (Å²) in [5.41, 5.74) is 1.19. The standard InChI is InChI=1S/C25H36N2O4/c1-30-22-13-11-18(15-23(22)31-2)10-12-21-9-5-6-14-26(21)25(29)19-16-24(28)27(17-19)20-7-3-4-8-20/h11,13,15,19-21H,3-10,12,14,16-17H2,1-2H3. The quantitative estimate of drug-likeness (QED) is 0.663. The summed E-state index contributed by atoms with van der Waals surface area (Å²) in [6.45, 7) is 1.45. The summed E-state index contributed by atoms with van der Waals surface area (Å²) in [5.74, 6) is 1.70. The van der Waals surface area contributed by atoms with Crippen molar-refractivity contribution in [1.29, 1.82) is 0 Å². The van der Waals surface area contributed by atoms with Crippen molar-refractivity contribution in [1.82, 2.24) is 9.80 Å². The molecular formula is C25H36N2O4.